The van der Waals surface area contributed by atoms with E-state index in [-0.39, 0.29) is 50.5 Å². The fourth-order valence-electron chi connectivity index (χ4n) is 6.91. The van der Waals surface area contributed by atoms with Gasteiger partial charge in [0.05, 0.1) is 19.0 Å². The number of ketones is 1. The highest BCUT2D eigenvalue weighted by Crippen LogP contribution is 2.27. The summed E-state index contributed by atoms with van der Waals surface area (Å²) in [6.07, 6.45) is 3.91. The van der Waals surface area contributed by atoms with Gasteiger partial charge in [-0.05, 0) is 56.4 Å². The third-order valence-electron chi connectivity index (χ3n) is 9.98. The van der Waals surface area contributed by atoms with E-state index in [1.165, 1.54) is 0 Å². The molecule has 0 aromatic heterocycles. The number of rotatable bonds is 14. The molecule has 1 heterocycles. The molecule has 8 amide bonds. The second kappa shape index (κ2) is 24.0. The SMILES string of the molecule is CCCC(NC(=O)[C@@H]1CCCCNC(=O)CCCC(=O)N[C@H](CC(=O)O)C(=O)N[C@@H](C2CCCCC2)C(=O)N1)C(=O)C(=O)NCC(=O)N[C@H](C(N)=O)c1ccccc1. The highest BCUT2D eigenvalue weighted by Gasteiger charge is 2.37. The van der Waals surface area contributed by atoms with Crippen LogP contribution in [0.3, 0.4) is 0 Å². The fourth-order valence-corrected chi connectivity index (χ4v) is 6.91. The average Bonchev–Trinajstić information content (AvgIpc) is 3.19. The Morgan fingerprint density at radius 2 is 1.48 bits per heavy atom. The maximum atomic E-state index is 14.1. The number of nitrogens with one attached hydrogen (secondary N) is 7. The van der Waals surface area contributed by atoms with Crippen molar-refractivity contribution in [3.8, 4) is 0 Å². The van der Waals surface area contributed by atoms with E-state index in [9.17, 15) is 53.1 Å². The summed E-state index contributed by atoms with van der Waals surface area (Å²) in [6.45, 7) is 1.26. The van der Waals surface area contributed by atoms with Crippen molar-refractivity contribution in [2.24, 2.45) is 11.7 Å². The molecule has 1 aromatic carbocycles. The van der Waals surface area contributed by atoms with Crippen LogP contribution in [0.15, 0.2) is 30.3 Å². The van der Waals surface area contributed by atoms with Crippen LogP contribution in [0.1, 0.15) is 108 Å². The van der Waals surface area contributed by atoms with Crippen LogP contribution >= 0.6 is 0 Å². The van der Waals surface area contributed by atoms with Crippen LogP contribution in [0.25, 0.3) is 0 Å². The quantitative estimate of drug-likeness (QED) is 0.106. The number of Topliss-reactive ketones (excluding diaryl/α,β-unsaturated/α-hetero) is 1. The summed E-state index contributed by atoms with van der Waals surface area (Å²) in [4.78, 5) is 129. The molecule has 1 aliphatic heterocycles. The lowest BCUT2D eigenvalue weighted by Crippen LogP contribution is -2.60. The van der Waals surface area contributed by atoms with E-state index in [0.717, 1.165) is 19.3 Å². The summed E-state index contributed by atoms with van der Waals surface area (Å²) in [6, 6.07) is 1.61. The van der Waals surface area contributed by atoms with Gasteiger partial charge in [0.1, 0.15) is 24.2 Å². The number of hydrogen-bond acceptors (Lipinski definition) is 10. The zero-order valence-electron chi connectivity index (χ0n) is 32.8. The Hall–Kier alpha value is -5.88. The molecule has 2 aliphatic rings. The van der Waals surface area contributed by atoms with Crippen molar-refractivity contribution < 1.29 is 53.1 Å². The molecule has 1 saturated carbocycles. The molecule has 1 aromatic rings. The Bertz CT molecular complexity index is 1650. The molecule has 3 rings (SSSR count). The zero-order valence-corrected chi connectivity index (χ0v) is 32.8. The summed E-state index contributed by atoms with van der Waals surface area (Å²) >= 11 is 0. The van der Waals surface area contributed by atoms with Gasteiger partial charge in [-0.3, -0.25) is 47.9 Å². The van der Waals surface area contributed by atoms with E-state index in [1.54, 1.807) is 37.3 Å². The number of carboxylic acid groups (broad SMARTS) is 1. The van der Waals surface area contributed by atoms with Gasteiger partial charge in [-0.2, -0.15) is 0 Å². The summed E-state index contributed by atoms with van der Waals surface area (Å²) in [5, 5.41) is 27.1. The van der Waals surface area contributed by atoms with Crippen molar-refractivity contribution in [3.05, 3.63) is 35.9 Å². The summed E-state index contributed by atoms with van der Waals surface area (Å²) < 4.78 is 0. The van der Waals surface area contributed by atoms with Crippen LogP contribution in [0.5, 0.6) is 0 Å². The van der Waals surface area contributed by atoms with Gasteiger partial charge in [0.2, 0.25) is 47.1 Å². The lowest BCUT2D eigenvalue weighted by Gasteiger charge is -2.32. The number of carboxylic acids is 1. The Morgan fingerprint density at radius 1 is 0.810 bits per heavy atom. The second-order valence-corrected chi connectivity index (χ2v) is 14.6. The standard InChI is InChI=1S/C39H56N8O11/c1-2-12-25(34(53)39(58)42-22-30(50)46-32(35(40)54)23-13-5-3-6-14-23)44-36(55)26-17-9-10-20-41-28(48)18-11-19-29(49)43-27(21-31(51)52)37(56)47-33(38(57)45-26)24-15-7-4-8-16-24/h3,5-6,13-14,24-27,32-33H,2,4,7-12,15-22H2,1H3,(H2,40,54)(H,41,48)(H,42,58)(H,43,49)(H,44,55)(H,45,57)(H,46,50)(H,47,56)(H,51,52)/t25?,26-,27+,32-,33-/m0/s1. The molecule has 1 aliphatic carbocycles. The van der Waals surface area contributed by atoms with Crippen molar-refractivity contribution in [1.82, 2.24) is 37.2 Å². The number of amides is 8. The van der Waals surface area contributed by atoms with Gasteiger partial charge in [-0.1, -0.05) is 62.9 Å². The molecular weight excluding hydrogens is 756 g/mol. The van der Waals surface area contributed by atoms with Crippen LogP contribution in [0, 0.1) is 5.92 Å². The fraction of sp³-hybridized carbons (Fsp3) is 0.590. The minimum Gasteiger partial charge on any atom is -0.481 e. The summed E-state index contributed by atoms with van der Waals surface area (Å²) in [5.41, 5.74) is 5.86. The molecule has 10 N–H and O–H groups in total. The van der Waals surface area contributed by atoms with Crippen molar-refractivity contribution >= 4 is 59.0 Å². The number of primary amides is 1. The Labute approximate surface area is 336 Å². The first-order chi connectivity index (χ1) is 27.7. The van der Waals surface area contributed by atoms with E-state index in [2.05, 4.69) is 37.2 Å². The number of aliphatic carboxylic acids is 1. The smallest absolute Gasteiger partial charge is 0.305 e. The van der Waals surface area contributed by atoms with E-state index >= 15 is 0 Å². The van der Waals surface area contributed by atoms with Crippen LogP contribution in [0.2, 0.25) is 0 Å². The maximum Gasteiger partial charge on any atom is 0.305 e. The van der Waals surface area contributed by atoms with E-state index in [0.29, 0.717) is 37.7 Å². The molecule has 19 heteroatoms. The van der Waals surface area contributed by atoms with Crippen LogP contribution in [-0.4, -0.2) is 101 Å². The first kappa shape index (κ1) is 46.5. The molecule has 318 valence electrons. The topological polar surface area (TPSA) is 301 Å². The number of benzene rings is 1. The van der Waals surface area contributed by atoms with E-state index < -0.39 is 96.3 Å². The van der Waals surface area contributed by atoms with Crippen LogP contribution in [-0.2, 0) is 47.9 Å². The summed E-state index contributed by atoms with van der Waals surface area (Å²) in [7, 11) is 0. The maximum absolute atomic E-state index is 14.1. The van der Waals surface area contributed by atoms with E-state index in [4.69, 9.17) is 5.73 Å². The third kappa shape index (κ3) is 15.6. The highest BCUT2D eigenvalue weighted by atomic mass is 16.4. The zero-order chi connectivity index (χ0) is 42.6. The van der Waals surface area contributed by atoms with Crippen molar-refractivity contribution in [3.63, 3.8) is 0 Å². The lowest BCUT2D eigenvalue weighted by molar-refractivity contribution is -0.142. The average molecular weight is 813 g/mol. The largest absolute Gasteiger partial charge is 0.481 e. The lowest BCUT2D eigenvalue weighted by atomic mass is 9.83. The monoisotopic (exact) mass is 812 g/mol. The van der Waals surface area contributed by atoms with Crippen molar-refractivity contribution in [2.45, 2.75) is 127 Å². The number of nitrogens with two attached hydrogens (primary N) is 1. The molecule has 1 unspecified atom stereocenters. The van der Waals surface area contributed by atoms with E-state index in [1.807, 2.05) is 0 Å². The molecule has 1 saturated heterocycles. The number of carbonyl (C=O) groups is 10. The first-order valence-electron chi connectivity index (χ1n) is 19.8. The Balaban J connectivity index is 1.79. The molecule has 2 fully saturated rings. The predicted molar refractivity (Wildman–Crippen MR) is 207 cm³/mol. The number of carbonyl (C=O) groups excluding carboxylic acids is 9. The van der Waals surface area contributed by atoms with Gasteiger partial charge >= 0.3 is 5.97 Å². The minimum atomic E-state index is -1.53. The normalized spacial score (nSPS) is 21.5. The van der Waals surface area contributed by atoms with Gasteiger partial charge in [0.25, 0.3) is 5.91 Å². The third-order valence-corrected chi connectivity index (χ3v) is 9.98. The molecule has 0 bridgehead atoms. The van der Waals surface area contributed by atoms with Gasteiger partial charge in [-0.25, -0.2) is 0 Å². The minimum absolute atomic E-state index is 0.000726. The van der Waals surface area contributed by atoms with Crippen LogP contribution < -0.4 is 43.0 Å². The van der Waals surface area contributed by atoms with Gasteiger partial charge in [-0.15, -0.1) is 0 Å². The Morgan fingerprint density at radius 3 is 2.14 bits per heavy atom. The molecule has 19 nitrogen and oxygen atoms in total. The molecule has 5 atom stereocenters. The van der Waals surface area contributed by atoms with Crippen molar-refractivity contribution in [2.75, 3.05) is 13.1 Å². The molecule has 0 radical (unpaired) electrons. The Kier molecular flexibility index (Phi) is 19.3. The highest BCUT2D eigenvalue weighted by molar-refractivity contribution is 6.38. The van der Waals surface area contributed by atoms with Crippen LogP contribution in [0.4, 0.5) is 0 Å². The number of hydrogen-bond donors (Lipinski definition) is 9. The first-order valence-corrected chi connectivity index (χ1v) is 19.8. The molecular formula is C39H56N8O11. The molecule has 0 spiro atoms. The summed E-state index contributed by atoms with van der Waals surface area (Å²) in [5.74, 6) is -9.06. The van der Waals surface area contributed by atoms with Gasteiger partial charge in [0.15, 0.2) is 0 Å². The van der Waals surface area contributed by atoms with Gasteiger partial charge < -0.3 is 48.1 Å². The van der Waals surface area contributed by atoms with Crippen molar-refractivity contribution in [1.29, 1.82) is 0 Å². The van der Waals surface area contributed by atoms with Gasteiger partial charge in [0, 0.05) is 19.4 Å². The second-order valence-electron chi connectivity index (χ2n) is 14.6. The predicted octanol–water partition coefficient (Wildman–Crippen LogP) is -0.721. The molecule has 58 heavy (non-hydrogen) atoms.